The second kappa shape index (κ2) is 14.9. The first-order valence-electron chi connectivity index (χ1n) is 13.0. The minimum atomic E-state index is -1.94. The Hall–Kier alpha value is -1.09. The number of rotatable bonds is 12. The van der Waals surface area contributed by atoms with Crippen molar-refractivity contribution >= 4 is 5.91 Å². The van der Waals surface area contributed by atoms with Gasteiger partial charge in [0, 0.05) is 6.92 Å². The number of carbonyl (C=O) groups is 1. The molecule has 236 valence electrons. The number of amides is 1. The Morgan fingerprint density at radius 1 is 0.850 bits per heavy atom. The van der Waals surface area contributed by atoms with Gasteiger partial charge in [-0.15, -0.1) is 0 Å². The van der Waals surface area contributed by atoms with Crippen LogP contribution in [0, 0.1) is 5.41 Å². The molecule has 0 aromatic carbocycles. The first-order valence-corrected chi connectivity index (χ1v) is 13.0. The fourth-order valence-electron chi connectivity index (χ4n) is 4.73. The van der Waals surface area contributed by atoms with E-state index in [1.807, 2.05) is 20.8 Å². The molecule has 0 spiro atoms. The lowest BCUT2D eigenvalue weighted by atomic mass is 9.84. The third-order valence-electron chi connectivity index (χ3n) is 6.79. The SMILES string of the molecule is CC(=O)N[C@@H](CC(C)(C)C)[C@@H](O)[C@H](O[C@@H]1O[C@H](CO)[C@H](O[C@@H]2O[C@H](CO)[C@H](O)[C@H](O)[C@H]2O)[C@H](O)[C@H]1O)[C@H](O)CO. The molecule has 2 aliphatic heterocycles. The average molecular weight is 588 g/mol. The topological polar surface area (TPSA) is 268 Å². The van der Waals surface area contributed by atoms with E-state index in [0.717, 1.165) is 0 Å². The molecule has 2 heterocycles. The van der Waals surface area contributed by atoms with E-state index in [-0.39, 0.29) is 6.42 Å². The zero-order valence-electron chi connectivity index (χ0n) is 22.9. The number of nitrogens with one attached hydrogen (secondary N) is 1. The van der Waals surface area contributed by atoms with Crippen LogP contribution in [0.15, 0.2) is 0 Å². The molecule has 0 aromatic rings. The zero-order chi connectivity index (χ0) is 30.5. The van der Waals surface area contributed by atoms with Crippen LogP contribution in [0.1, 0.15) is 34.1 Å². The highest BCUT2D eigenvalue weighted by Crippen LogP contribution is 2.31. The van der Waals surface area contributed by atoms with Gasteiger partial charge in [0.05, 0.1) is 25.9 Å². The van der Waals surface area contributed by atoms with E-state index in [2.05, 4.69) is 5.32 Å². The molecular formula is C24H45NO15. The Morgan fingerprint density at radius 2 is 1.40 bits per heavy atom. The zero-order valence-corrected chi connectivity index (χ0v) is 22.9. The van der Waals surface area contributed by atoms with Gasteiger partial charge in [-0.05, 0) is 11.8 Å². The molecule has 1 amide bonds. The second-order valence-electron chi connectivity index (χ2n) is 11.4. The van der Waals surface area contributed by atoms with Crippen LogP contribution in [0.3, 0.4) is 0 Å². The summed E-state index contributed by atoms with van der Waals surface area (Å²) >= 11 is 0. The van der Waals surface area contributed by atoms with Crippen LogP contribution in [0.4, 0.5) is 0 Å². The van der Waals surface area contributed by atoms with Gasteiger partial charge in [0.1, 0.15) is 67.1 Å². The van der Waals surface area contributed by atoms with Crippen molar-refractivity contribution in [3.8, 4) is 0 Å². The van der Waals surface area contributed by atoms with E-state index >= 15 is 0 Å². The molecule has 40 heavy (non-hydrogen) atoms. The lowest BCUT2D eigenvalue weighted by Crippen LogP contribution is -2.65. The van der Waals surface area contributed by atoms with Gasteiger partial charge in [-0.2, -0.15) is 0 Å². The molecule has 16 nitrogen and oxygen atoms in total. The lowest BCUT2D eigenvalue weighted by Gasteiger charge is -2.47. The first-order chi connectivity index (χ1) is 18.6. The maximum Gasteiger partial charge on any atom is 0.217 e. The van der Waals surface area contributed by atoms with Crippen molar-refractivity contribution in [3.05, 3.63) is 0 Å². The molecule has 0 radical (unpaired) electrons. The monoisotopic (exact) mass is 587 g/mol. The van der Waals surface area contributed by atoms with E-state index in [4.69, 9.17) is 18.9 Å². The predicted molar refractivity (Wildman–Crippen MR) is 132 cm³/mol. The fourth-order valence-corrected chi connectivity index (χ4v) is 4.73. The maximum atomic E-state index is 11.8. The molecule has 14 atom stereocenters. The van der Waals surface area contributed by atoms with Crippen molar-refractivity contribution in [2.24, 2.45) is 5.41 Å². The van der Waals surface area contributed by atoms with Crippen molar-refractivity contribution in [1.29, 1.82) is 0 Å². The van der Waals surface area contributed by atoms with Crippen molar-refractivity contribution in [3.63, 3.8) is 0 Å². The number of hydrogen-bond donors (Lipinski definition) is 11. The number of hydrogen-bond acceptors (Lipinski definition) is 15. The highest BCUT2D eigenvalue weighted by molar-refractivity contribution is 5.73. The predicted octanol–water partition coefficient (Wildman–Crippen LogP) is -5.35. The summed E-state index contributed by atoms with van der Waals surface area (Å²) in [7, 11) is 0. The molecule has 0 unspecified atom stereocenters. The maximum absolute atomic E-state index is 11.8. The van der Waals surface area contributed by atoms with E-state index in [1.165, 1.54) is 6.92 Å². The third kappa shape index (κ3) is 8.71. The van der Waals surface area contributed by atoms with Crippen molar-refractivity contribution < 1.29 is 74.8 Å². The summed E-state index contributed by atoms with van der Waals surface area (Å²) in [5.74, 6) is -0.483. The molecule has 0 saturated carbocycles. The molecule has 0 aliphatic carbocycles. The molecule has 11 N–H and O–H groups in total. The molecular weight excluding hydrogens is 542 g/mol. The van der Waals surface area contributed by atoms with Gasteiger partial charge in [0.15, 0.2) is 12.6 Å². The Balaban J connectivity index is 2.24. The highest BCUT2D eigenvalue weighted by Gasteiger charge is 2.52. The van der Waals surface area contributed by atoms with Crippen LogP contribution in [0.5, 0.6) is 0 Å². The lowest BCUT2D eigenvalue weighted by molar-refractivity contribution is -0.367. The largest absolute Gasteiger partial charge is 0.394 e. The quantitative estimate of drug-likeness (QED) is 0.102. The number of aliphatic hydroxyl groups excluding tert-OH is 10. The van der Waals surface area contributed by atoms with Crippen molar-refractivity contribution in [1.82, 2.24) is 5.32 Å². The highest BCUT2D eigenvalue weighted by atomic mass is 16.7. The summed E-state index contributed by atoms with van der Waals surface area (Å²) in [6.45, 7) is 4.30. The molecule has 2 saturated heterocycles. The summed E-state index contributed by atoms with van der Waals surface area (Å²) in [5, 5.41) is 105. The van der Waals surface area contributed by atoms with E-state index < -0.39 is 117 Å². The smallest absolute Gasteiger partial charge is 0.217 e. The van der Waals surface area contributed by atoms with Crippen LogP contribution >= 0.6 is 0 Å². The normalized spacial score (nSPS) is 38.4. The van der Waals surface area contributed by atoms with Crippen molar-refractivity contribution in [2.45, 2.75) is 120 Å². The minimum absolute atomic E-state index is 0.219. The van der Waals surface area contributed by atoms with E-state index in [0.29, 0.717) is 0 Å². The molecule has 0 aromatic heterocycles. The minimum Gasteiger partial charge on any atom is -0.394 e. The standard InChI is InChI=1S/C24H45NO15/c1-9(29)25-10(5-24(2,3)4)14(31)20(11(30)6-26)39-23-19(36)17(34)21(13(8-28)38-23)40-22-18(35)16(33)15(32)12(7-27)37-22/h10-23,26-28,30-36H,5-8H2,1-4H3,(H,25,29)/t10-,11+,12+,13+,14+,15-,16-,17+,18+,19+,20+,21-,22-,23-/m0/s1. The summed E-state index contributed by atoms with van der Waals surface area (Å²) in [4.78, 5) is 11.8. The van der Waals surface area contributed by atoms with Crippen LogP contribution in [-0.4, -0.2) is 163 Å². The van der Waals surface area contributed by atoms with Crippen LogP contribution in [-0.2, 0) is 23.7 Å². The molecule has 16 heteroatoms. The van der Waals surface area contributed by atoms with Crippen LogP contribution < -0.4 is 5.32 Å². The van der Waals surface area contributed by atoms with Crippen LogP contribution in [0.25, 0.3) is 0 Å². The van der Waals surface area contributed by atoms with Gasteiger partial charge in [0.2, 0.25) is 5.91 Å². The van der Waals surface area contributed by atoms with Gasteiger partial charge in [-0.1, -0.05) is 20.8 Å². The summed E-state index contributed by atoms with van der Waals surface area (Å²) < 4.78 is 21.9. The fraction of sp³-hybridized carbons (Fsp3) is 0.958. The summed E-state index contributed by atoms with van der Waals surface area (Å²) in [6.07, 6.45) is -21.8. The number of carbonyl (C=O) groups excluding carboxylic acids is 1. The van der Waals surface area contributed by atoms with Gasteiger partial charge in [0.25, 0.3) is 0 Å². The van der Waals surface area contributed by atoms with Gasteiger partial charge < -0.3 is 75.3 Å². The average Bonchev–Trinajstić information content (AvgIpc) is 2.88. The summed E-state index contributed by atoms with van der Waals surface area (Å²) in [6, 6.07) is -0.967. The third-order valence-corrected chi connectivity index (χ3v) is 6.79. The van der Waals surface area contributed by atoms with Crippen molar-refractivity contribution in [2.75, 3.05) is 19.8 Å². The van der Waals surface area contributed by atoms with E-state index in [1.54, 1.807) is 0 Å². The molecule has 2 aliphatic rings. The Morgan fingerprint density at radius 3 is 1.90 bits per heavy atom. The van der Waals surface area contributed by atoms with Gasteiger partial charge >= 0.3 is 0 Å². The Labute approximate surface area is 231 Å². The first kappa shape index (κ1) is 35.1. The Kier molecular flexibility index (Phi) is 13.1. The molecule has 0 bridgehead atoms. The second-order valence-corrected chi connectivity index (χ2v) is 11.4. The Bertz CT molecular complexity index is 780. The molecule has 2 fully saturated rings. The van der Waals surface area contributed by atoms with E-state index in [9.17, 15) is 55.9 Å². The van der Waals surface area contributed by atoms with Crippen LogP contribution in [0.2, 0.25) is 0 Å². The van der Waals surface area contributed by atoms with Gasteiger partial charge in [-0.25, -0.2) is 0 Å². The summed E-state index contributed by atoms with van der Waals surface area (Å²) in [5.41, 5.74) is -0.406. The number of aliphatic hydroxyl groups is 10. The molecule has 2 rings (SSSR count). The number of ether oxygens (including phenoxy) is 4. The van der Waals surface area contributed by atoms with Gasteiger partial charge in [-0.3, -0.25) is 4.79 Å².